The Morgan fingerprint density at radius 2 is 1.57 bits per heavy atom. The summed E-state index contributed by atoms with van der Waals surface area (Å²) in [5, 5.41) is 14.6. The quantitative estimate of drug-likeness (QED) is 0.319. The molecular formula is C27H25IN2O5. The van der Waals surface area contributed by atoms with Gasteiger partial charge in [-0.1, -0.05) is 62.4 Å². The fraction of sp³-hybridized carbons (Fsp3) is 0.222. The summed E-state index contributed by atoms with van der Waals surface area (Å²) in [6.07, 6.45) is -0.686. The molecule has 0 saturated carbocycles. The van der Waals surface area contributed by atoms with Crippen LogP contribution in [0, 0.1) is 9.49 Å². The van der Waals surface area contributed by atoms with Gasteiger partial charge in [0.15, 0.2) is 0 Å². The number of amides is 2. The number of anilines is 1. The maximum absolute atomic E-state index is 12.9. The van der Waals surface area contributed by atoms with Crippen LogP contribution in [0.15, 0.2) is 66.7 Å². The number of carbonyl (C=O) groups excluding carboxylic acids is 2. The molecule has 0 radical (unpaired) electrons. The zero-order chi connectivity index (χ0) is 25.1. The number of nitrogens with one attached hydrogen (secondary N) is 2. The van der Waals surface area contributed by atoms with Gasteiger partial charge in [0.05, 0.1) is 5.56 Å². The summed E-state index contributed by atoms with van der Waals surface area (Å²) >= 11 is 1.99. The lowest BCUT2D eigenvalue weighted by molar-refractivity contribution is -0.119. The second-order valence-electron chi connectivity index (χ2n) is 8.71. The molecule has 1 aliphatic carbocycles. The molecule has 1 aliphatic rings. The number of alkyl carbamates (subject to hydrolysis) is 1. The number of rotatable bonds is 7. The molecule has 4 rings (SSSR count). The molecule has 0 aromatic heterocycles. The summed E-state index contributed by atoms with van der Waals surface area (Å²) in [7, 11) is 0. The van der Waals surface area contributed by atoms with Crippen molar-refractivity contribution in [3.63, 3.8) is 0 Å². The van der Waals surface area contributed by atoms with Crippen molar-refractivity contribution in [1.82, 2.24) is 5.32 Å². The van der Waals surface area contributed by atoms with E-state index in [2.05, 4.69) is 22.8 Å². The van der Waals surface area contributed by atoms with Crippen molar-refractivity contribution in [2.24, 2.45) is 5.92 Å². The van der Waals surface area contributed by atoms with E-state index >= 15 is 0 Å². The number of benzene rings is 3. The van der Waals surface area contributed by atoms with E-state index in [0.717, 1.165) is 22.3 Å². The fourth-order valence-corrected chi connectivity index (χ4v) is 4.98. The van der Waals surface area contributed by atoms with Crippen LogP contribution in [0.2, 0.25) is 0 Å². The van der Waals surface area contributed by atoms with E-state index in [1.807, 2.05) is 72.8 Å². The number of fused-ring (bicyclic) bond motifs is 3. The molecule has 0 aliphatic heterocycles. The Hall–Kier alpha value is -3.40. The van der Waals surface area contributed by atoms with Crippen molar-refractivity contribution in [2.45, 2.75) is 25.8 Å². The van der Waals surface area contributed by atoms with E-state index in [-0.39, 0.29) is 24.0 Å². The summed E-state index contributed by atoms with van der Waals surface area (Å²) in [5.41, 5.74) is 4.89. The monoisotopic (exact) mass is 584 g/mol. The predicted molar refractivity (Wildman–Crippen MR) is 142 cm³/mol. The normalized spacial score (nSPS) is 13.0. The zero-order valence-electron chi connectivity index (χ0n) is 19.2. The first kappa shape index (κ1) is 24.7. The van der Waals surface area contributed by atoms with Crippen LogP contribution in [-0.4, -0.2) is 35.7 Å². The van der Waals surface area contributed by atoms with Gasteiger partial charge < -0.3 is 20.5 Å². The van der Waals surface area contributed by atoms with Crippen LogP contribution in [0.4, 0.5) is 10.5 Å². The molecule has 35 heavy (non-hydrogen) atoms. The van der Waals surface area contributed by atoms with Crippen LogP contribution in [0.3, 0.4) is 0 Å². The Balaban J connectivity index is 1.43. The van der Waals surface area contributed by atoms with Crippen LogP contribution in [0.1, 0.15) is 41.3 Å². The Morgan fingerprint density at radius 3 is 2.14 bits per heavy atom. The number of halogens is 1. The lowest BCUT2D eigenvalue weighted by atomic mass is 9.98. The zero-order valence-corrected chi connectivity index (χ0v) is 21.4. The van der Waals surface area contributed by atoms with Gasteiger partial charge in [-0.2, -0.15) is 0 Å². The second kappa shape index (κ2) is 10.5. The third kappa shape index (κ3) is 5.48. The molecule has 3 aromatic carbocycles. The molecule has 3 aromatic rings. The van der Waals surface area contributed by atoms with Gasteiger partial charge in [-0.05, 0) is 69.0 Å². The minimum atomic E-state index is -1.09. The van der Waals surface area contributed by atoms with E-state index in [4.69, 9.17) is 4.74 Å². The first-order chi connectivity index (χ1) is 16.7. The topological polar surface area (TPSA) is 105 Å². The lowest BCUT2D eigenvalue weighted by Gasteiger charge is -2.22. The minimum Gasteiger partial charge on any atom is -0.478 e. The van der Waals surface area contributed by atoms with Gasteiger partial charge in [0.1, 0.15) is 12.6 Å². The number of aromatic carboxylic acids is 1. The van der Waals surface area contributed by atoms with E-state index < -0.39 is 24.0 Å². The van der Waals surface area contributed by atoms with Crippen LogP contribution in [0.25, 0.3) is 11.1 Å². The van der Waals surface area contributed by atoms with Gasteiger partial charge in [0.25, 0.3) is 0 Å². The van der Waals surface area contributed by atoms with Gasteiger partial charge in [0.2, 0.25) is 5.91 Å². The maximum atomic E-state index is 12.9. The number of carboxylic acids is 1. The highest BCUT2D eigenvalue weighted by Crippen LogP contribution is 2.44. The second-order valence-corrected chi connectivity index (χ2v) is 9.96. The average molecular weight is 584 g/mol. The van der Waals surface area contributed by atoms with Crippen molar-refractivity contribution < 1.29 is 24.2 Å². The molecular weight excluding hydrogens is 559 g/mol. The molecule has 0 fully saturated rings. The summed E-state index contributed by atoms with van der Waals surface area (Å²) in [6, 6.07) is 19.8. The summed E-state index contributed by atoms with van der Waals surface area (Å²) in [5.74, 6) is -1.85. The van der Waals surface area contributed by atoms with Gasteiger partial charge in [-0.25, -0.2) is 9.59 Å². The van der Waals surface area contributed by atoms with Crippen LogP contribution >= 0.6 is 22.6 Å². The minimum absolute atomic E-state index is 0.0674. The Morgan fingerprint density at radius 1 is 0.971 bits per heavy atom. The van der Waals surface area contributed by atoms with Gasteiger partial charge in [-0.15, -0.1) is 0 Å². The van der Waals surface area contributed by atoms with Crippen molar-refractivity contribution in [3.8, 4) is 11.1 Å². The van der Waals surface area contributed by atoms with Crippen molar-refractivity contribution in [2.75, 3.05) is 11.9 Å². The Kier molecular flexibility index (Phi) is 7.39. The Labute approximate surface area is 217 Å². The number of carbonyl (C=O) groups is 3. The SMILES string of the molecule is CC(C)[C@H](NC(=O)OCC1c2ccccc2-c2ccccc21)C(=O)Nc1cc(I)cc(C(=O)O)c1. The highest BCUT2D eigenvalue weighted by atomic mass is 127. The largest absolute Gasteiger partial charge is 0.478 e. The Bertz CT molecular complexity index is 1240. The summed E-state index contributed by atoms with van der Waals surface area (Å²) in [6.45, 7) is 3.77. The molecule has 2 amide bonds. The van der Waals surface area contributed by atoms with Crippen LogP contribution in [-0.2, 0) is 9.53 Å². The van der Waals surface area contributed by atoms with Gasteiger partial charge in [0, 0.05) is 15.2 Å². The van der Waals surface area contributed by atoms with Crippen molar-refractivity contribution in [3.05, 3.63) is 87.0 Å². The highest BCUT2D eigenvalue weighted by molar-refractivity contribution is 14.1. The summed E-state index contributed by atoms with van der Waals surface area (Å²) < 4.78 is 6.25. The molecule has 0 bridgehead atoms. The first-order valence-corrected chi connectivity index (χ1v) is 12.3. The number of hydrogen-bond donors (Lipinski definition) is 3. The van der Waals surface area contributed by atoms with Crippen LogP contribution in [0.5, 0.6) is 0 Å². The predicted octanol–water partition coefficient (Wildman–Crippen LogP) is 5.49. The summed E-state index contributed by atoms with van der Waals surface area (Å²) in [4.78, 5) is 37.0. The molecule has 0 spiro atoms. The fourth-order valence-electron chi connectivity index (χ4n) is 4.31. The van der Waals surface area contributed by atoms with E-state index in [1.54, 1.807) is 6.07 Å². The molecule has 7 nitrogen and oxygen atoms in total. The molecule has 3 N–H and O–H groups in total. The van der Waals surface area contributed by atoms with Gasteiger partial charge in [-0.3, -0.25) is 4.79 Å². The van der Waals surface area contributed by atoms with Crippen molar-refractivity contribution >= 4 is 46.2 Å². The van der Waals surface area contributed by atoms with E-state index in [9.17, 15) is 19.5 Å². The molecule has 8 heteroatoms. The number of carboxylic acid groups (broad SMARTS) is 1. The third-order valence-corrected chi connectivity index (χ3v) is 6.60. The molecule has 0 heterocycles. The molecule has 1 atom stereocenters. The molecule has 180 valence electrons. The number of hydrogen-bond acceptors (Lipinski definition) is 4. The molecule has 0 saturated heterocycles. The van der Waals surface area contributed by atoms with E-state index in [0.29, 0.717) is 9.26 Å². The third-order valence-electron chi connectivity index (χ3n) is 5.98. The lowest BCUT2D eigenvalue weighted by Crippen LogP contribution is -2.47. The van der Waals surface area contributed by atoms with E-state index in [1.165, 1.54) is 12.1 Å². The standard InChI is InChI=1S/C27H25IN2O5/c1-15(2)24(25(31)29-18-12-16(26(32)33)11-17(28)13-18)30-27(34)35-14-23-21-9-5-3-7-19(21)20-8-4-6-10-22(20)23/h3-13,15,23-24H,14H2,1-2H3,(H,29,31)(H,30,34)(H,32,33)/t24-/m0/s1. The molecule has 0 unspecified atom stereocenters. The highest BCUT2D eigenvalue weighted by Gasteiger charge is 2.30. The number of ether oxygens (including phenoxy) is 1. The first-order valence-electron chi connectivity index (χ1n) is 11.2. The average Bonchev–Trinajstić information content (AvgIpc) is 3.14. The van der Waals surface area contributed by atoms with Crippen molar-refractivity contribution in [1.29, 1.82) is 0 Å². The smallest absolute Gasteiger partial charge is 0.407 e. The van der Waals surface area contributed by atoms with Crippen LogP contribution < -0.4 is 10.6 Å². The van der Waals surface area contributed by atoms with Gasteiger partial charge >= 0.3 is 12.1 Å². The maximum Gasteiger partial charge on any atom is 0.407 e.